The Kier molecular flexibility index (Phi) is 5.50. The standard InChI is InChI=1S/C11H19F3N2O.ClH/c1-4-7(15)9(17)16-6-5-8(10(16,2)3)11(12,13)14;/h7-8H,4-6,15H2,1-3H3;1H/t7-,8?;/m0./s1. The number of rotatable bonds is 2. The lowest BCUT2D eigenvalue weighted by Crippen LogP contribution is -2.54. The van der Waals surface area contributed by atoms with Gasteiger partial charge in [-0.15, -0.1) is 12.4 Å². The lowest BCUT2D eigenvalue weighted by Gasteiger charge is -2.37. The normalized spacial score (nSPS) is 24.6. The van der Waals surface area contributed by atoms with Gasteiger partial charge in [-0.25, -0.2) is 0 Å². The second kappa shape index (κ2) is 5.65. The third-order valence-corrected chi connectivity index (χ3v) is 3.61. The van der Waals surface area contributed by atoms with Gasteiger partial charge in [-0.2, -0.15) is 13.2 Å². The number of alkyl halides is 3. The fourth-order valence-electron chi connectivity index (χ4n) is 2.42. The first-order valence-corrected chi connectivity index (χ1v) is 5.76. The van der Waals surface area contributed by atoms with E-state index in [9.17, 15) is 18.0 Å². The molecule has 0 aromatic heterocycles. The van der Waals surface area contributed by atoms with Crippen LogP contribution >= 0.6 is 12.4 Å². The summed E-state index contributed by atoms with van der Waals surface area (Å²) in [6.07, 6.45) is -3.88. The van der Waals surface area contributed by atoms with Crippen molar-refractivity contribution in [1.82, 2.24) is 4.90 Å². The third kappa shape index (κ3) is 3.09. The summed E-state index contributed by atoms with van der Waals surface area (Å²) in [5.74, 6) is -1.85. The van der Waals surface area contributed by atoms with E-state index in [0.29, 0.717) is 6.42 Å². The van der Waals surface area contributed by atoms with Crippen molar-refractivity contribution in [2.75, 3.05) is 6.54 Å². The Balaban J connectivity index is 0.00000289. The maximum absolute atomic E-state index is 12.8. The highest BCUT2D eigenvalue weighted by Crippen LogP contribution is 2.44. The van der Waals surface area contributed by atoms with E-state index in [1.807, 2.05) is 0 Å². The molecule has 1 aliphatic rings. The molecule has 2 atom stereocenters. The Morgan fingerprint density at radius 3 is 2.33 bits per heavy atom. The molecule has 0 aromatic rings. The second-order valence-corrected chi connectivity index (χ2v) is 5.04. The lowest BCUT2D eigenvalue weighted by atomic mass is 9.87. The van der Waals surface area contributed by atoms with Crippen molar-refractivity contribution in [1.29, 1.82) is 0 Å². The summed E-state index contributed by atoms with van der Waals surface area (Å²) in [4.78, 5) is 13.2. The van der Waals surface area contributed by atoms with Crippen molar-refractivity contribution >= 4 is 18.3 Å². The smallest absolute Gasteiger partial charge is 0.336 e. The largest absolute Gasteiger partial charge is 0.394 e. The molecule has 1 heterocycles. The molecule has 2 N–H and O–H groups in total. The fourth-order valence-corrected chi connectivity index (χ4v) is 2.42. The first kappa shape index (κ1) is 17.5. The second-order valence-electron chi connectivity index (χ2n) is 5.04. The zero-order chi connectivity index (χ0) is 13.4. The number of nitrogens with zero attached hydrogens (tertiary/aromatic N) is 1. The highest BCUT2D eigenvalue weighted by Gasteiger charge is 2.56. The molecule has 18 heavy (non-hydrogen) atoms. The van der Waals surface area contributed by atoms with Gasteiger partial charge in [0.25, 0.3) is 0 Å². The minimum atomic E-state index is -4.27. The molecule has 1 saturated heterocycles. The maximum Gasteiger partial charge on any atom is 0.394 e. The molecule has 1 unspecified atom stereocenters. The highest BCUT2D eigenvalue weighted by atomic mass is 35.5. The number of likely N-dealkylation sites (tertiary alicyclic amines) is 1. The number of nitrogens with two attached hydrogens (primary N) is 1. The van der Waals surface area contributed by atoms with Gasteiger partial charge in [0.05, 0.1) is 12.0 Å². The zero-order valence-electron chi connectivity index (χ0n) is 10.8. The van der Waals surface area contributed by atoms with Gasteiger partial charge in [-0.05, 0) is 26.7 Å². The summed E-state index contributed by atoms with van der Waals surface area (Å²) in [6.45, 7) is 4.79. The Labute approximate surface area is 111 Å². The van der Waals surface area contributed by atoms with Crippen LogP contribution in [0.3, 0.4) is 0 Å². The van der Waals surface area contributed by atoms with E-state index >= 15 is 0 Å². The van der Waals surface area contributed by atoms with Crippen LogP contribution in [-0.4, -0.2) is 35.1 Å². The third-order valence-electron chi connectivity index (χ3n) is 3.61. The summed E-state index contributed by atoms with van der Waals surface area (Å²) < 4.78 is 38.4. The van der Waals surface area contributed by atoms with Crippen LogP contribution in [0.2, 0.25) is 0 Å². The average Bonchev–Trinajstić information content (AvgIpc) is 2.50. The number of hydrogen-bond acceptors (Lipinski definition) is 2. The Hall–Kier alpha value is -0.490. The SMILES string of the molecule is CC[C@H](N)C(=O)N1CCC(C(F)(F)F)C1(C)C.Cl. The van der Waals surface area contributed by atoms with Gasteiger partial charge in [0, 0.05) is 12.1 Å². The molecule has 0 spiro atoms. The molecule has 108 valence electrons. The number of carbonyl (C=O) groups excluding carboxylic acids is 1. The summed E-state index contributed by atoms with van der Waals surface area (Å²) in [6, 6.07) is -0.707. The quantitative estimate of drug-likeness (QED) is 0.848. The minimum Gasteiger partial charge on any atom is -0.336 e. The number of hydrogen-bond donors (Lipinski definition) is 1. The van der Waals surface area contributed by atoms with Crippen molar-refractivity contribution in [3.05, 3.63) is 0 Å². The van der Waals surface area contributed by atoms with Crippen LogP contribution in [0, 0.1) is 5.92 Å². The van der Waals surface area contributed by atoms with Gasteiger partial charge in [-0.1, -0.05) is 6.92 Å². The Morgan fingerprint density at radius 1 is 1.50 bits per heavy atom. The van der Waals surface area contributed by atoms with Crippen LogP contribution in [0.5, 0.6) is 0 Å². The van der Waals surface area contributed by atoms with Crippen LogP contribution < -0.4 is 5.73 Å². The predicted molar refractivity (Wildman–Crippen MR) is 65.5 cm³/mol. The molecule has 1 aliphatic heterocycles. The van der Waals surface area contributed by atoms with Gasteiger partial charge in [0.1, 0.15) is 0 Å². The van der Waals surface area contributed by atoms with E-state index in [0.717, 1.165) is 0 Å². The van der Waals surface area contributed by atoms with E-state index in [4.69, 9.17) is 5.73 Å². The number of carbonyl (C=O) groups is 1. The van der Waals surface area contributed by atoms with Crippen LogP contribution in [0.4, 0.5) is 13.2 Å². The van der Waals surface area contributed by atoms with Gasteiger partial charge < -0.3 is 10.6 Å². The van der Waals surface area contributed by atoms with Gasteiger partial charge >= 0.3 is 6.18 Å². The Morgan fingerprint density at radius 2 is 2.00 bits per heavy atom. The predicted octanol–water partition coefficient (Wildman–Crippen LogP) is 2.33. The molecule has 1 rings (SSSR count). The number of halogens is 4. The van der Waals surface area contributed by atoms with Crippen LogP contribution in [-0.2, 0) is 4.79 Å². The summed E-state index contributed by atoms with van der Waals surface area (Å²) >= 11 is 0. The van der Waals surface area contributed by atoms with Crippen molar-refractivity contribution in [2.45, 2.75) is 51.4 Å². The fraction of sp³-hybridized carbons (Fsp3) is 0.909. The highest BCUT2D eigenvalue weighted by molar-refractivity contribution is 5.85. The molecule has 0 radical (unpaired) electrons. The van der Waals surface area contributed by atoms with Crippen molar-refractivity contribution in [3.63, 3.8) is 0 Å². The Bertz CT molecular complexity index is 307. The van der Waals surface area contributed by atoms with E-state index in [1.54, 1.807) is 6.92 Å². The van der Waals surface area contributed by atoms with E-state index in [2.05, 4.69) is 0 Å². The molecule has 1 amide bonds. The maximum atomic E-state index is 12.8. The summed E-state index contributed by atoms with van der Waals surface area (Å²) in [5, 5.41) is 0. The lowest BCUT2D eigenvalue weighted by molar-refractivity contribution is -0.192. The van der Waals surface area contributed by atoms with Crippen LogP contribution in [0.25, 0.3) is 0 Å². The molecule has 1 fully saturated rings. The van der Waals surface area contributed by atoms with Crippen LogP contribution in [0.15, 0.2) is 0 Å². The van der Waals surface area contributed by atoms with Crippen molar-refractivity contribution < 1.29 is 18.0 Å². The minimum absolute atomic E-state index is 0. The number of amides is 1. The van der Waals surface area contributed by atoms with Gasteiger partial charge in [0.15, 0.2) is 0 Å². The van der Waals surface area contributed by atoms with E-state index < -0.39 is 23.7 Å². The van der Waals surface area contributed by atoms with E-state index in [1.165, 1.54) is 18.7 Å². The summed E-state index contributed by atoms with van der Waals surface area (Å²) in [5.41, 5.74) is 4.39. The molecule has 0 aromatic carbocycles. The molecule has 7 heteroatoms. The molecule has 0 aliphatic carbocycles. The molecular weight excluding hydrogens is 269 g/mol. The van der Waals surface area contributed by atoms with Crippen LogP contribution in [0.1, 0.15) is 33.6 Å². The topological polar surface area (TPSA) is 46.3 Å². The molecular formula is C11H20ClF3N2O. The first-order valence-electron chi connectivity index (χ1n) is 5.76. The average molecular weight is 289 g/mol. The zero-order valence-corrected chi connectivity index (χ0v) is 11.6. The first-order chi connectivity index (χ1) is 7.62. The van der Waals surface area contributed by atoms with Crippen molar-refractivity contribution in [3.8, 4) is 0 Å². The van der Waals surface area contributed by atoms with E-state index in [-0.39, 0.29) is 31.3 Å². The summed E-state index contributed by atoms with van der Waals surface area (Å²) in [7, 11) is 0. The van der Waals surface area contributed by atoms with Crippen molar-refractivity contribution in [2.24, 2.45) is 11.7 Å². The molecule has 0 bridgehead atoms. The molecule has 3 nitrogen and oxygen atoms in total. The van der Waals surface area contributed by atoms with Gasteiger partial charge in [0.2, 0.25) is 5.91 Å². The van der Waals surface area contributed by atoms with Gasteiger partial charge in [-0.3, -0.25) is 4.79 Å². The monoisotopic (exact) mass is 288 g/mol. The molecule has 0 saturated carbocycles.